The minimum absolute atomic E-state index is 0.590. The van der Waals surface area contributed by atoms with Crippen molar-refractivity contribution in [2.24, 2.45) is 0 Å². The molecule has 0 rings (SSSR count). The molecule has 0 fully saturated rings. The van der Waals surface area contributed by atoms with Gasteiger partial charge in [-0.3, -0.25) is 0 Å². The van der Waals surface area contributed by atoms with Gasteiger partial charge in [-0.2, -0.15) is 5.11 Å². The van der Waals surface area contributed by atoms with E-state index in [-0.39, 0.29) is 0 Å². The van der Waals surface area contributed by atoms with Crippen molar-refractivity contribution >= 4 is 0 Å². The first-order valence-corrected chi connectivity index (χ1v) is 3.40. The average Bonchev–Trinajstić information content (AvgIpc) is 1.63. The van der Waals surface area contributed by atoms with Gasteiger partial charge in [-0.15, -0.1) is 0 Å². The second-order valence-electron chi connectivity index (χ2n) is 2.60. The lowest BCUT2D eigenvalue weighted by Gasteiger charge is -2.14. The van der Waals surface area contributed by atoms with Crippen molar-refractivity contribution in [2.75, 3.05) is 6.61 Å². The Labute approximate surface area is 56.8 Å². The van der Waals surface area contributed by atoms with E-state index < -0.39 is 5.79 Å². The van der Waals surface area contributed by atoms with Crippen LogP contribution >= 0.6 is 0 Å². The molecule has 9 heavy (non-hydrogen) atoms. The molecule has 0 heterocycles. The molecule has 0 N–H and O–H groups in total. The van der Waals surface area contributed by atoms with Gasteiger partial charge < -0.3 is 4.74 Å². The molecule has 2 nitrogen and oxygen atoms in total. The van der Waals surface area contributed by atoms with E-state index in [0.717, 1.165) is 12.8 Å². The first-order chi connectivity index (χ1) is 4.06. The van der Waals surface area contributed by atoms with E-state index >= 15 is 0 Å². The summed E-state index contributed by atoms with van der Waals surface area (Å²) in [7, 11) is 0. The van der Waals surface area contributed by atoms with Gasteiger partial charge >= 0.3 is 0 Å². The standard InChI is InChI=1S/C7H15O2/c1-4-5-6-9-7(2,3)8/h4-6H2,1-3H3. The van der Waals surface area contributed by atoms with E-state index in [1.54, 1.807) is 0 Å². The van der Waals surface area contributed by atoms with Crippen LogP contribution in [0.25, 0.3) is 0 Å². The van der Waals surface area contributed by atoms with Gasteiger partial charge in [0.25, 0.3) is 0 Å². The molecule has 0 aromatic heterocycles. The summed E-state index contributed by atoms with van der Waals surface area (Å²) in [5.74, 6) is -1.20. The highest BCUT2D eigenvalue weighted by Gasteiger charge is 2.13. The SMILES string of the molecule is CCCCOC(C)(C)[O]. The Bertz CT molecular complexity index is 63.8. The van der Waals surface area contributed by atoms with Gasteiger partial charge in [0, 0.05) is 0 Å². The molecule has 0 saturated heterocycles. The molecule has 0 atom stereocenters. The van der Waals surface area contributed by atoms with Crippen molar-refractivity contribution in [3.63, 3.8) is 0 Å². The zero-order valence-corrected chi connectivity index (χ0v) is 6.44. The highest BCUT2D eigenvalue weighted by atomic mass is 16.6. The molecule has 0 aromatic rings. The fourth-order valence-electron chi connectivity index (χ4n) is 0.462. The van der Waals surface area contributed by atoms with E-state index in [0.29, 0.717) is 6.61 Å². The molecule has 0 amide bonds. The quantitative estimate of drug-likeness (QED) is 0.423. The smallest absolute Gasteiger partial charge is 0.196 e. The highest BCUT2D eigenvalue weighted by Crippen LogP contribution is 2.04. The average molecular weight is 131 g/mol. The lowest BCUT2D eigenvalue weighted by Crippen LogP contribution is -2.21. The maximum Gasteiger partial charge on any atom is 0.196 e. The van der Waals surface area contributed by atoms with Gasteiger partial charge in [0.1, 0.15) is 0 Å². The Balaban J connectivity index is 3.07. The van der Waals surface area contributed by atoms with Crippen LogP contribution in [0.4, 0.5) is 0 Å². The van der Waals surface area contributed by atoms with Crippen LogP contribution in [0.3, 0.4) is 0 Å². The highest BCUT2D eigenvalue weighted by molar-refractivity contribution is 4.46. The van der Waals surface area contributed by atoms with Gasteiger partial charge in [-0.05, 0) is 20.3 Å². The van der Waals surface area contributed by atoms with Crippen LogP contribution in [0.1, 0.15) is 33.6 Å². The number of ether oxygens (including phenoxy) is 1. The lowest BCUT2D eigenvalue weighted by atomic mass is 10.3. The van der Waals surface area contributed by atoms with Crippen LogP contribution in [0.2, 0.25) is 0 Å². The van der Waals surface area contributed by atoms with Crippen molar-refractivity contribution in [1.29, 1.82) is 0 Å². The molecule has 0 aliphatic carbocycles. The van der Waals surface area contributed by atoms with Crippen LogP contribution < -0.4 is 0 Å². The molecule has 0 unspecified atom stereocenters. The summed E-state index contributed by atoms with van der Waals surface area (Å²) >= 11 is 0. The van der Waals surface area contributed by atoms with Crippen LogP contribution in [-0.4, -0.2) is 12.4 Å². The third-order valence-electron chi connectivity index (χ3n) is 0.948. The largest absolute Gasteiger partial charge is 0.348 e. The summed E-state index contributed by atoms with van der Waals surface area (Å²) in [6, 6.07) is 0. The van der Waals surface area contributed by atoms with Crippen molar-refractivity contribution in [3.8, 4) is 0 Å². The molecule has 0 saturated carbocycles. The fourth-order valence-corrected chi connectivity index (χ4v) is 0.462. The first kappa shape index (κ1) is 8.92. The first-order valence-electron chi connectivity index (χ1n) is 3.40. The summed E-state index contributed by atoms with van der Waals surface area (Å²) < 4.78 is 4.91. The molecule has 1 radical (unpaired) electrons. The maximum absolute atomic E-state index is 10.8. The minimum Gasteiger partial charge on any atom is -0.348 e. The van der Waals surface area contributed by atoms with E-state index in [4.69, 9.17) is 4.74 Å². The summed E-state index contributed by atoms with van der Waals surface area (Å²) in [4.78, 5) is 0. The second kappa shape index (κ2) is 3.85. The Morgan fingerprint density at radius 1 is 1.44 bits per heavy atom. The summed E-state index contributed by atoms with van der Waals surface area (Å²) in [5, 5.41) is 10.8. The van der Waals surface area contributed by atoms with Gasteiger partial charge in [-0.25, -0.2) is 0 Å². The monoisotopic (exact) mass is 131 g/mol. The Hall–Kier alpha value is -0.0800. The molecule has 0 aliphatic heterocycles. The third-order valence-corrected chi connectivity index (χ3v) is 0.948. The van der Waals surface area contributed by atoms with Gasteiger partial charge in [0.05, 0.1) is 6.61 Å². The number of hydrogen-bond acceptors (Lipinski definition) is 1. The van der Waals surface area contributed by atoms with Crippen LogP contribution in [0, 0.1) is 0 Å². The third kappa shape index (κ3) is 7.92. The van der Waals surface area contributed by atoms with Crippen LogP contribution in [-0.2, 0) is 9.84 Å². The molecule has 0 aliphatic rings. The lowest BCUT2D eigenvalue weighted by molar-refractivity contribution is -0.215. The zero-order valence-electron chi connectivity index (χ0n) is 6.44. The second-order valence-corrected chi connectivity index (χ2v) is 2.60. The predicted octanol–water partition coefficient (Wildman–Crippen LogP) is 1.97. The van der Waals surface area contributed by atoms with E-state index in [2.05, 4.69) is 6.92 Å². The fraction of sp³-hybridized carbons (Fsp3) is 1.00. The molecular weight excluding hydrogens is 116 g/mol. The van der Waals surface area contributed by atoms with E-state index in [9.17, 15) is 5.11 Å². The summed E-state index contributed by atoms with van der Waals surface area (Å²) in [6.45, 7) is 5.72. The van der Waals surface area contributed by atoms with Gasteiger partial charge in [0.15, 0.2) is 5.79 Å². The van der Waals surface area contributed by atoms with Crippen LogP contribution in [0.15, 0.2) is 0 Å². The topological polar surface area (TPSA) is 29.1 Å². The van der Waals surface area contributed by atoms with E-state index in [1.165, 1.54) is 13.8 Å². The molecule has 2 heteroatoms. The normalized spacial score (nSPS) is 12.0. The molecule has 0 bridgehead atoms. The van der Waals surface area contributed by atoms with Crippen molar-refractivity contribution < 1.29 is 9.84 Å². The molecule has 0 spiro atoms. The Morgan fingerprint density at radius 3 is 2.33 bits per heavy atom. The molecule has 55 valence electrons. The summed E-state index contributed by atoms with van der Waals surface area (Å²) in [5.41, 5.74) is 0. The van der Waals surface area contributed by atoms with Gasteiger partial charge in [0.2, 0.25) is 0 Å². The maximum atomic E-state index is 10.8. The number of unbranched alkanes of at least 4 members (excludes halogenated alkanes) is 1. The number of hydrogen-bond donors (Lipinski definition) is 0. The number of rotatable bonds is 4. The Morgan fingerprint density at radius 2 is 2.00 bits per heavy atom. The Kier molecular flexibility index (Phi) is 3.82. The van der Waals surface area contributed by atoms with Crippen molar-refractivity contribution in [1.82, 2.24) is 0 Å². The molecular formula is C7H15O2. The predicted molar refractivity (Wildman–Crippen MR) is 35.6 cm³/mol. The summed E-state index contributed by atoms with van der Waals surface area (Å²) in [6.07, 6.45) is 2.06. The zero-order chi connectivity index (χ0) is 7.33. The minimum atomic E-state index is -1.20. The van der Waals surface area contributed by atoms with Crippen LogP contribution in [0.5, 0.6) is 0 Å². The van der Waals surface area contributed by atoms with E-state index in [1.807, 2.05) is 0 Å². The van der Waals surface area contributed by atoms with Crippen molar-refractivity contribution in [3.05, 3.63) is 0 Å². The van der Waals surface area contributed by atoms with Crippen molar-refractivity contribution in [2.45, 2.75) is 39.4 Å². The van der Waals surface area contributed by atoms with Gasteiger partial charge in [-0.1, -0.05) is 13.3 Å². The molecule has 0 aromatic carbocycles.